The van der Waals surface area contributed by atoms with Gasteiger partial charge in [0.2, 0.25) is 5.88 Å². The molecule has 0 aliphatic carbocycles. The number of hydrogen-bond donors (Lipinski definition) is 2. The van der Waals surface area contributed by atoms with E-state index in [1.165, 1.54) is 23.0 Å². The van der Waals surface area contributed by atoms with Crippen molar-refractivity contribution in [2.24, 2.45) is 0 Å². The lowest BCUT2D eigenvalue weighted by molar-refractivity contribution is 0.0950. The molecule has 0 unspecified atom stereocenters. The number of benzene rings is 1. The van der Waals surface area contributed by atoms with Gasteiger partial charge in [-0.25, -0.2) is 14.8 Å². The Morgan fingerprint density at radius 3 is 2.74 bits per heavy atom. The average Bonchev–Trinajstić information content (AvgIpc) is 3.19. The molecule has 0 aliphatic heterocycles. The van der Waals surface area contributed by atoms with Gasteiger partial charge in [0.05, 0.1) is 17.5 Å². The molecule has 1 aromatic carbocycles. The molecule has 0 spiro atoms. The van der Waals surface area contributed by atoms with Crippen molar-refractivity contribution < 1.29 is 9.53 Å². The quantitative estimate of drug-likeness (QED) is 0.477. The largest absolute Gasteiger partial charge is 0.473 e. The zero-order chi connectivity index (χ0) is 21.6. The third kappa shape index (κ3) is 4.67. The van der Waals surface area contributed by atoms with Crippen molar-refractivity contribution in [2.45, 2.75) is 20.1 Å². The third-order valence-corrected chi connectivity index (χ3v) is 4.64. The molecule has 0 radical (unpaired) electrons. The first-order valence-corrected chi connectivity index (χ1v) is 9.61. The first-order valence-electron chi connectivity index (χ1n) is 9.61. The highest BCUT2D eigenvalue weighted by molar-refractivity contribution is 5.95. The maximum absolute atomic E-state index is 12.7. The monoisotopic (exact) mass is 416 g/mol. The Hall–Kier alpha value is -4.27. The van der Waals surface area contributed by atoms with Crippen LogP contribution in [0.1, 0.15) is 27.2 Å². The minimum atomic E-state index is -0.312. The van der Waals surface area contributed by atoms with Gasteiger partial charge in [-0.2, -0.15) is 10.2 Å². The van der Waals surface area contributed by atoms with E-state index in [0.717, 1.165) is 11.1 Å². The molecule has 31 heavy (non-hydrogen) atoms. The molecule has 2 N–H and O–H groups in total. The van der Waals surface area contributed by atoms with Crippen LogP contribution >= 0.6 is 0 Å². The van der Waals surface area contributed by atoms with E-state index in [9.17, 15) is 9.59 Å². The van der Waals surface area contributed by atoms with Crippen LogP contribution in [0.2, 0.25) is 0 Å². The van der Waals surface area contributed by atoms with Crippen molar-refractivity contribution in [3.05, 3.63) is 99.7 Å². The minimum Gasteiger partial charge on any atom is -0.473 e. The van der Waals surface area contributed by atoms with Gasteiger partial charge in [0.15, 0.2) is 5.82 Å². The van der Waals surface area contributed by atoms with Gasteiger partial charge < -0.3 is 10.1 Å². The summed E-state index contributed by atoms with van der Waals surface area (Å²) < 4.78 is 7.33. The molecule has 9 heteroatoms. The number of aromatic nitrogens is 5. The molecule has 1 amide bonds. The predicted octanol–water partition coefficient (Wildman–Crippen LogP) is 2.17. The van der Waals surface area contributed by atoms with Crippen LogP contribution < -0.4 is 15.6 Å². The highest BCUT2D eigenvalue weighted by Crippen LogP contribution is 2.17. The Balaban J connectivity index is 1.44. The molecule has 3 aromatic heterocycles. The summed E-state index contributed by atoms with van der Waals surface area (Å²) in [6.07, 6.45) is 3.12. The van der Waals surface area contributed by atoms with Crippen LogP contribution in [0.3, 0.4) is 0 Å². The van der Waals surface area contributed by atoms with Crippen LogP contribution in [0, 0.1) is 6.92 Å². The number of carbonyl (C=O) groups is 1. The maximum Gasteiger partial charge on any atom is 0.264 e. The highest BCUT2D eigenvalue weighted by atomic mass is 16.5. The smallest absolute Gasteiger partial charge is 0.264 e. The third-order valence-electron chi connectivity index (χ3n) is 4.64. The van der Waals surface area contributed by atoms with Gasteiger partial charge in [0.1, 0.15) is 6.61 Å². The van der Waals surface area contributed by atoms with E-state index in [0.29, 0.717) is 29.6 Å². The van der Waals surface area contributed by atoms with Crippen molar-refractivity contribution in [1.29, 1.82) is 0 Å². The lowest BCUT2D eigenvalue weighted by Gasteiger charge is -2.11. The van der Waals surface area contributed by atoms with Gasteiger partial charge in [-0.15, -0.1) is 0 Å². The number of amides is 1. The second kappa shape index (κ2) is 9.04. The summed E-state index contributed by atoms with van der Waals surface area (Å²) in [7, 11) is 0. The van der Waals surface area contributed by atoms with E-state index in [4.69, 9.17) is 4.74 Å². The van der Waals surface area contributed by atoms with E-state index >= 15 is 0 Å². The Bertz CT molecular complexity index is 1230. The average molecular weight is 416 g/mol. The topological polar surface area (TPSA) is 115 Å². The zero-order valence-electron chi connectivity index (χ0n) is 16.8. The van der Waals surface area contributed by atoms with Crippen LogP contribution in [0.15, 0.2) is 71.8 Å². The number of nitrogens with one attached hydrogen (secondary N) is 2. The molecule has 3 heterocycles. The number of hydrogen-bond acceptors (Lipinski definition) is 6. The summed E-state index contributed by atoms with van der Waals surface area (Å²) in [5, 5.41) is 13.4. The van der Waals surface area contributed by atoms with Crippen molar-refractivity contribution in [1.82, 2.24) is 30.3 Å². The SMILES string of the molecule is Cc1c(C(=O)NCc2cccnc2OCc2ccccc2)cnn1-c1ccc(=O)[nH]n1. The van der Waals surface area contributed by atoms with Crippen LogP contribution in [-0.4, -0.2) is 30.9 Å². The number of rotatable bonds is 7. The van der Waals surface area contributed by atoms with Gasteiger partial charge in [-0.05, 0) is 24.6 Å². The Morgan fingerprint density at radius 1 is 1.13 bits per heavy atom. The van der Waals surface area contributed by atoms with Crippen LogP contribution in [0.4, 0.5) is 0 Å². The summed E-state index contributed by atoms with van der Waals surface area (Å²) in [5.41, 5.74) is 2.49. The standard InChI is InChI=1S/C22H20N6O3/c1-15-18(13-25-28(15)19-9-10-20(29)27-26-19)21(30)24-12-17-8-5-11-23-22(17)31-14-16-6-3-2-4-7-16/h2-11,13H,12,14H2,1H3,(H,24,30)(H,27,29). The van der Waals surface area contributed by atoms with E-state index in [1.54, 1.807) is 19.2 Å². The van der Waals surface area contributed by atoms with Gasteiger partial charge in [0, 0.05) is 24.4 Å². The minimum absolute atomic E-state index is 0.248. The molecule has 156 valence electrons. The molecule has 0 fully saturated rings. The van der Waals surface area contributed by atoms with E-state index in [-0.39, 0.29) is 18.0 Å². The van der Waals surface area contributed by atoms with Gasteiger partial charge in [0.25, 0.3) is 11.5 Å². The normalized spacial score (nSPS) is 10.6. The molecule has 0 bridgehead atoms. The van der Waals surface area contributed by atoms with Crippen molar-refractivity contribution in [3.63, 3.8) is 0 Å². The van der Waals surface area contributed by atoms with Gasteiger partial charge >= 0.3 is 0 Å². The van der Waals surface area contributed by atoms with E-state index in [2.05, 4.69) is 25.6 Å². The zero-order valence-corrected chi connectivity index (χ0v) is 16.8. The second-order valence-electron chi connectivity index (χ2n) is 6.76. The summed E-state index contributed by atoms with van der Waals surface area (Å²) in [4.78, 5) is 28.2. The molecular formula is C22H20N6O3. The number of nitrogens with zero attached hydrogens (tertiary/aromatic N) is 4. The second-order valence-corrected chi connectivity index (χ2v) is 6.76. The van der Waals surface area contributed by atoms with Gasteiger partial charge in [-0.3, -0.25) is 9.59 Å². The molecule has 0 saturated heterocycles. The first-order chi connectivity index (χ1) is 15.1. The molecule has 0 saturated carbocycles. The van der Waals surface area contributed by atoms with Crippen molar-refractivity contribution in [2.75, 3.05) is 0 Å². The molecule has 4 aromatic rings. The molecule has 0 aliphatic rings. The van der Waals surface area contributed by atoms with Crippen LogP contribution in [0.5, 0.6) is 5.88 Å². The highest BCUT2D eigenvalue weighted by Gasteiger charge is 2.16. The Labute approximate surface area is 177 Å². The predicted molar refractivity (Wildman–Crippen MR) is 113 cm³/mol. The van der Waals surface area contributed by atoms with Crippen LogP contribution in [-0.2, 0) is 13.2 Å². The fourth-order valence-electron chi connectivity index (χ4n) is 3.00. The maximum atomic E-state index is 12.7. The number of aromatic amines is 1. The van der Waals surface area contributed by atoms with E-state index < -0.39 is 0 Å². The number of carbonyl (C=O) groups excluding carboxylic acids is 1. The first kappa shape index (κ1) is 20.0. The van der Waals surface area contributed by atoms with Crippen LogP contribution in [0.25, 0.3) is 5.82 Å². The number of ether oxygens (including phenoxy) is 1. The fourth-order valence-corrected chi connectivity index (χ4v) is 3.00. The Morgan fingerprint density at radius 2 is 1.97 bits per heavy atom. The molecular weight excluding hydrogens is 396 g/mol. The summed E-state index contributed by atoms with van der Waals surface area (Å²) in [6.45, 7) is 2.39. The Kier molecular flexibility index (Phi) is 5.84. The van der Waals surface area contributed by atoms with E-state index in [1.807, 2.05) is 36.4 Å². The summed E-state index contributed by atoms with van der Waals surface area (Å²) in [6, 6.07) is 16.3. The van der Waals surface area contributed by atoms with Gasteiger partial charge in [-0.1, -0.05) is 36.4 Å². The number of H-pyrrole nitrogens is 1. The fraction of sp³-hybridized carbons (Fsp3) is 0.136. The lowest BCUT2D eigenvalue weighted by Crippen LogP contribution is -2.24. The molecule has 0 atom stereocenters. The number of pyridine rings is 1. The molecule has 4 rings (SSSR count). The summed E-state index contributed by atoms with van der Waals surface area (Å²) in [5.74, 6) is 0.600. The molecule has 9 nitrogen and oxygen atoms in total. The van der Waals surface area contributed by atoms with Crippen molar-refractivity contribution in [3.8, 4) is 11.7 Å². The van der Waals surface area contributed by atoms with Crippen molar-refractivity contribution >= 4 is 5.91 Å². The summed E-state index contributed by atoms with van der Waals surface area (Å²) >= 11 is 0. The lowest BCUT2D eigenvalue weighted by atomic mass is 10.2.